The summed E-state index contributed by atoms with van der Waals surface area (Å²) in [6.45, 7) is 1.49. The van der Waals surface area contributed by atoms with Crippen molar-refractivity contribution in [1.82, 2.24) is 10.2 Å². The minimum absolute atomic E-state index is 0. The molecule has 1 aromatic carbocycles. The molecule has 0 saturated carbocycles. The molecule has 3 nitrogen and oxygen atoms in total. The van der Waals surface area contributed by atoms with Gasteiger partial charge < -0.3 is 10.2 Å². The number of hydrogen-bond acceptors (Lipinski definition) is 2. The Bertz CT molecular complexity index is 416. The number of carbonyl (C=O) groups excluding carboxylic acids is 1. The van der Waals surface area contributed by atoms with Crippen molar-refractivity contribution in [2.24, 2.45) is 0 Å². The van der Waals surface area contributed by atoms with E-state index >= 15 is 0 Å². The lowest BCUT2D eigenvalue weighted by Gasteiger charge is -2.24. The summed E-state index contributed by atoms with van der Waals surface area (Å²) < 4.78 is 26.9. The molecule has 1 unspecified atom stereocenters. The third kappa shape index (κ3) is 2.79. The quantitative estimate of drug-likeness (QED) is 0.894. The van der Waals surface area contributed by atoms with E-state index in [1.165, 1.54) is 11.0 Å². The second-order valence-electron chi connectivity index (χ2n) is 4.16. The fraction of sp³-hybridized carbons (Fsp3) is 0.417. The van der Waals surface area contributed by atoms with Crippen LogP contribution < -0.4 is 5.32 Å². The second-order valence-corrected chi connectivity index (χ2v) is 4.16. The van der Waals surface area contributed by atoms with E-state index < -0.39 is 23.1 Å². The summed E-state index contributed by atoms with van der Waals surface area (Å²) >= 11 is 0. The minimum Gasteiger partial charge on any atom is -0.337 e. The van der Waals surface area contributed by atoms with Crippen molar-refractivity contribution >= 4 is 18.3 Å². The van der Waals surface area contributed by atoms with Gasteiger partial charge in [-0.05, 0) is 25.1 Å². The molecule has 6 heteroatoms. The van der Waals surface area contributed by atoms with Crippen molar-refractivity contribution < 1.29 is 13.6 Å². The number of nitrogens with one attached hydrogen (secondary N) is 1. The highest BCUT2D eigenvalue weighted by molar-refractivity contribution is 5.94. The molecular formula is C12H15ClF2N2O. The lowest BCUT2D eigenvalue weighted by molar-refractivity contribution is 0.0734. The van der Waals surface area contributed by atoms with Crippen LogP contribution in [0.3, 0.4) is 0 Å². The summed E-state index contributed by atoms with van der Waals surface area (Å²) in [5.74, 6) is -2.23. The molecule has 1 aliphatic heterocycles. The first kappa shape index (κ1) is 14.9. The molecule has 1 amide bonds. The highest BCUT2D eigenvalue weighted by Gasteiger charge is 2.27. The van der Waals surface area contributed by atoms with Gasteiger partial charge in [0.15, 0.2) is 0 Å². The third-order valence-corrected chi connectivity index (χ3v) is 3.08. The molecule has 1 heterocycles. The van der Waals surface area contributed by atoms with Gasteiger partial charge in [-0.3, -0.25) is 4.79 Å². The SMILES string of the molecule is CN(C(=O)c1c(F)cccc1F)C1CCNC1.Cl. The van der Waals surface area contributed by atoms with Crippen LogP contribution in [0.25, 0.3) is 0 Å². The normalized spacial score (nSPS) is 18.3. The Hall–Kier alpha value is -1.20. The van der Waals surface area contributed by atoms with Gasteiger partial charge in [0.2, 0.25) is 0 Å². The third-order valence-electron chi connectivity index (χ3n) is 3.08. The molecule has 1 aliphatic rings. The van der Waals surface area contributed by atoms with Crippen LogP contribution in [0, 0.1) is 11.6 Å². The number of halogens is 3. The summed E-state index contributed by atoms with van der Waals surface area (Å²) in [6.07, 6.45) is 0.804. The van der Waals surface area contributed by atoms with E-state index in [2.05, 4.69) is 5.32 Å². The maximum absolute atomic E-state index is 13.4. The van der Waals surface area contributed by atoms with Crippen molar-refractivity contribution in [3.05, 3.63) is 35.4 Å². The molecule has 0 aliphatic carbocycles. The van der Waals surface area contributed by atoms with E-state index in [0.717, 1.165) is 25.1 Å². The van der Waals surface area contributed by atoms with Crippen molar-refractivity contribution in [2.45, 2.75) is 12.5 Å². The lowest BCUT2D eigenvalue weighted by atomic mass is 10.1. The van der Waals surface area contributed by atoms with Crippen LogP contribution in [0.4, 0.5) is 8.78 Å². The molecule has 18 heavy (non-hydrogen) atoms. The fourth-order valence-electron chi connectivity index (χ4n) is 2.01. The zero-order chi connectivity index (χ0) is 12.4. The summed E-state index contributed by atoms with van der Waals surface area (Å²) in [7, 11) is 1.58. The van der Waals surface area contributed by atoms with Gasteiger partial charge in [0.25, 0.3) is 5.91 Å². The van der Waals surface area contributed by atoms with Crippen LogP contribution in [0.1, 0.15) is 16.8 Å². The first-order valence-corrected chi connectivity index (χ1v) is 5.53. The van der Waals surface area contributed by atoms with Crippen LogP contribution in [-0.2, 0) is 0 Å². The Labute approximate surface area is 111 Å². The van der Waals surface area contributed by atoms with Gasteiger partial charge in [0, 0.05) is 19.6 Å². The van der Waals surface area contributed by atoms with Gasteiger partial charge in [0.1, 0.15) is 17.2 Å². The Morgan fingerprint density at radius 2 is 2.00 bits per heavy atom. The van der Waals surface area contributed by atoms with Gasteiger partial charge >= 0.3 is 0 Å². The number of carbonyl (C=O) groups is 1. The number of rotatable bonds is 2. The zero-order valence-corrected chi connectivity index (χ0v) is 10.8. The Balaban J connectivity index is 0.00000162. The maximum atomic E-state index is 13.4. The largest absolute Gasteiger partial charge is 0.337 e. The first-order chi connectivity index (χ1) is 8.11. The van der Waals surface area contributed by atoms with Crippen LogP contribution >= 0.6 is 12.4 Å². The van der Waals surface area contributed by atoms with Crippen LogP contribution in [0.2, 0.25) is 0 Å². The summed E-state index contributed by atoms with van der Waals surface area (Å²) in [4.78, 5) is 13.4. The molecule has 0 aromatic heterocycles. The topological polar surface area (TPSA) is 32.3 Å². The zero-order valence-electron chi connectivity index (χ0n) is 9.95. The smallest absolute Gasteiger partial charge is 0.259 e. The van der Waals surface area contributed by atoms with Gasteiger partial charge in [-0.15, -0.1) is 12.4 Å². The number of benzene rings is 1. The maximum Gasteiger partial charge on any atom is 0.259 e. The molecule has 0 radical (unpaired) electrons. The minimum atomic E-state index is -0.812. The molecule has 1 N–H and O–H groups in total. The Morgan fingerprint density at radius 1 is 1.39 bits per heavy atom. The molecule has 0 bridgehead atoms. The number of hydrogen-bond donors (Lipinski definition) is 1. The highest BCUT2D eigenvalue weighted by Crippen LogP contribution is 2.17. The number of nitrogens with zero attached hydrogens (tertiary/aromatic N) is 1. The average molecular weight is 277 g/mol. The van der Waals surface area contributed by atoms with Gasteiger partial charge in [0.05, 0.1) is 0 Å². The fourth-order valence-corrected chi connectivity index (χ4v) is 2.01. The van der Waals surface area contributed by atoms with Crippen molar-refractivity contribution in [1.29, 1.82) is 0 Å². The summed E-state index contributed by atoms with van der Waals surface area (Å²) in [5, 5.41) is 3.11. The van der Waals surface area contributed by atoms with Crippen LogP contribution in [0.5, 0.6) is 0 Å². The Morgan fingerprint density at radius 3 is 2.50 bits per heavy atom. The molecule has 2 rings (SSSR count). The summed E-state index contributed by atoms with van der Waals surface area (Å²) in [6, 6.07) is 3.44. The van der Waals surface area contributed by atoms with Gasteiger partial charge in [-0.25, -0.2) is 8.78 Å². The van der Waals surface area contributed by atoms with Crippen LogP contribution in [0.15, 0.2) is 18.2 Å². The standard InChI is InChI=1S/C12H14F2N2O.ClH/c1-16(8-5-6-15-7-8)12(17)11-9(13)3-2-4-10(11)14;/h2-4,8,15H,5-7H2,1H3;1H. The molecule has 100 valence electrons. The monoisotopic (exact) mass is 276 g/mol. The van der Waals surface area contributed by atoms with Crippen molar-refractivity contribution in [3.8, 4) is 0 Å². The number of amides is 1. The predicted molar refractivity (Wildman–Crippen MR) is 67.0 cm³/mol. The molecule has 1 atom stereocenters. The molecule has 1 saturated heterocycles. The number of likely N-dealkylation sites (N-methyl/N-ethyl adjacent to an activating group) is 1. The van der Waals surface area contributed by atoms with E-state index in [9.17, 15) is 13.6 Å². The van der Waals surface area contributed by atoms with Crippen molar-refractivity contribution in [3.63, 3.8) is 0 Å². The van der Waals surface area contributed by atoms with E-state index in [-0.39, 0.29) is 18.4 Å². The van der Waals surface area contributed by atoms with Crippen LogP contribution in [-0.4, -0.2) is 37.0 Å². The first-order valence-electron chi connectivity index (χ1n) is 5.53. The van der Waals surface area contributed by atoms with Gasteiger partial charge in [-0.1, -0.05) is 6.07 Å². The Kier molecular flexibility index (Phi) is 5.04. The molecule has 0 spiro atoms. The van der Waals surface area contributed by atoms with E-state index in [0.29, 0.717) is 6.54 Å². The predicted octanol–water partition coefficient (Wildman–Crippen LogP) is 1.82. The average Bonchev–Trinajstić information content (AvgIpc) is 2.81. The van der Waals surface area contributed by atoms with Crippen molar-refractivity contribution in [2.75, 3.05) is 20.1 Å². The highest BCUT2D eigenvalue weighted by atomic mass is 35.5. The summed E-state index contributed by atoms with van der Waals surface area (Å²) in [5.41, 5.74) is -0.470. The molecule has 1 aromatic rings. The molecular weight excluding hydrogens is 262 g/mol. The van der Waals surface area contributed by atoms with Gasteiger partial charge in [-0.2, -0.15) is 0 Å². The van der Waals surface area contributed by atoms with E-state index in [1.807, 2.05) is 0 Å². The van der Waals surface area contributed by atoms with E-state index in [4.69, 9.17) is 0 Å². The lowest BCUT2D eigenvalue weighted by Crippen LogP contribution is -2.39. The van der Waals surface area contributed by atoms with E-state index in [1.54, 1.807) is 7.05 Å². The second kappa shape index (κ2) is 6.11. The molecule has 1 fully saturated rings.